The van der Waals surface area contributed by atoms with Crippen molar-refractivity contribution in [3.8, 4) is 0 Å². The van der Waals surface area contributed by atoms with Crippen LogP contribution in [0.5, 0.6) is 0 Å². The van der Waals surface area contributed by atoms with Gasteiger partial charge in [0.1, 0.15) is 4.90 Å². The van der Waals surface area contributed by atoms with Gasteiger partial charge in [-0.25, -0.2) is 13.1 Å². The van der Waals surface area contributed by atoms with Crippen LogP contribution in [0.15, 0.2) is 23.1 Å². The minimum absolute atomic E-state index is 0.412. The Morgan fingerprint density at radius 2 is 2.00 bits per heavy atom. The van der Waals surface area contributed by atoms with Crippen molar-refractivity contribution in [3.63, 3.8) is 0 Å². The molecule has 1 aromatic rings. The third kappa shape index (κ3) is 4.07. The fourth-order valence-electron chi connectivity index (χ4n) is 1.31. The van der Waals surface area contributed by atoms with Gasteiger partial charge in [-0.1, -0.05) is 17.7 Å². The summed E-state index contributed by atoms with van der Waals surface area (Å²) in [7, 11) is -4.46. The van der Waals surface area contributed by atoms with E-state index in [0.717, 1.165) is 12.1 Å². The second kappa shape index (κ2) is 5.66. The maximum atomic E-state index is 12.8. The third-order valence-corrected chi connectivity index (χ3v) is 4.06. The first-order chi connectivity index (χ1) is 8.55. The standard InChI is InChI=1S/C10H11ClF3NO3S/c1-6(16)5-15-19(17,18)9-7(10(12,13)14)3-2-4-8(9)11/h2-4,6,15-16H,5H2,1H3/t6-/m1/s1. The molecule has 0 saturated carbocycles. The van der Waals surface area contributed by atoms with Gasteiger partial charge >= 0.3 is 6.18 Å². The highest BCUT2D eigenvalue weighted by Crippen LogP contribution is 2.37. The molecule has 0 aromatic heterocycles. The molecular formula is C10H11ClF3NO3S. The number of rotatable bonds is 4. The minimum atomic E-state index is -4.85. The number of hydrogen-bond acceptors (Lipinski definition) is 3. The van der Waals surface area contributed by atoms with Crippen LogP contribution in [0, 0.1) is 0 Å². The Balaban J connectivity index is 3.33. The Morgan fingerprint density at radius 3 is 2.47 bits per heavy atom. The zero-order chi connectivity index (χ0) is 14.8. The highest BCUT2D eigenvalue weighted by Gasteiger charge is 2.38. The van der Waals surface area contributed by atoms with Crippen LogP contribution >= 0.6 is 11.6 Å². The molecule has 0 unspecified atom stereocenters. The first-order valence-electron chi connectivity index (χ1n) is 5.09. The van der Waals surface area contributed by atoms with E-state index < -0.39 is 44.3 Å². The second-order valence-corrected chi connectivity index (χ2v) is 5.93. The monoisotopic (exact) mass is 317 g/mol. The average molecular weight is 318 g/mol. The summed E-state index contributed by atoms with van der Waals surface area (Å²) in [5.41, 5.74) is -1.35. The van der Waals surface area contributed by atoms with Crippen LogP contribution in [0.1, 0.15) is 12.5 Å². The van der Waals surface area contributed by atoms with Gasteiger partial charge in [-0.3, -0.25) is 0 Å². The van der Waals surface area contributed by atoms with Crippen LogP contribution in [-0.4, -0.2) is 26.2 Å². The number of aliphatic hydroxyl groups is 1. The Hall–Kier alpha value is -0.830. The van der Waals surface area contributed by atoms with E-state index in [9.17, 15) is 21.6 Å². The summed E-state index contributed by atoms with van der Waals surface area (Å²) in [6, 6.07) is 2.69. The van der Waals surface area contributed by atoms with Crippen molar-refractivity contribution in [3.05, 3.63) is 28.8 Å². The molecule has 0 aliphatic carbocycles. The Labute approximate surface area is 113 Å². The van der Waals surface area contributed by atoms with Gasteiger partial charge in [0.05, 0.1) is 16.7 Å². The molecule has 1 atom stereocenters. The Bertz CT molecular complexity index is 558. The molecule has 1 rings (SSSR count). The molecule has 0 fully saturated rings. The van der Waals surface area contributed by atoms with Crippen LogP contribution in [0.25, 0.3) is 0 Å². The van der Waals surface area contributed by atoms with Crippen molar-refractivity contribution in [2.45, 2.75) is 24.1 Å². The summed E-state index contributed by atoms with van der Waals surface area (Å²) in [6.45, 7) is 0.880. The van der Waals surface area contributed by atoms with Crippen molar-refractivity contribution < 1.29 is 26.7 Å². The van der Waals surface area contributed by atoms with E-state index in [0.29, 0.717) is 6.07 Å². The SMILES string of the molecule is C[C@@H](O)CNS(=O)(=O)c1c(Cl)cccc1C(F)(F)F. The zero-order valence-corrected chi connectivity index (χ0v) is 11.3. The van der Waals surface area contributed by atoms with Crippen LogP contribution < -0.4 is 4.72 Å². The lowest BCUT2D eigenvalue weighted by Crippen LogP contribution is -2.32. The molecule has 19 heavy (non-hydrogen) atoms. The predicted molar refractivity (Wildman–Crippen MR) is 63.3 cm³/mol. The molecular weight excluding hydrogens is 307 g/mol. The van der Waals surface area contributed by atoms with Gasteiger partial charge in [0, 0.05) is 6.54 Å². The van der Waals surface area contributed by atoms with Gasteiger partial charge in [0.25, 0.3) is 0 Å². The normalized spacial score (nSPS) is 14.4. The highest BCUT2D eigenvalue weighted by molar-refractivity contribution is 7.89. The number of hydrogen-bond donors (Lipinski definition) is 2. The van der Waals surface area contributed by atoms with Gasteiger partial charge < -0.3 is 5.11 Å². The van der Waals surface area contributed by atoms with Gasteiger partial charge in [-0.05, 0) is 19.1 Å². The van der Waals surface area contributed by atoms with Gasteiger partial charge in [-0.15, -0.1) is 0 Å². The Morgan fingerprint density at radius 1 is 1.42 bits per heavy atom. The molecule has 108 valence electrons. The summed E-state index contributed by atoms with van der Waals surface area (Å²) in [5, 5.41) is 8.44. The van der Waals surface area contributed by atoms with Crippen molar-refractivity contribution in [1.29, 1.82) is 0 Å². The third-order valence-electron chi connectivity index (χ3n) is 2.11. The van der Waals surface area contributed by atoms with Crippen LogP contribution in [0.3, 0.4) is 0 Å². The molecule has 0 bridgehead atoms. The molecule has 2 N–H and O–H groups in total. The molecule has 0 aliphatic rings. The average Bonchev–Trinajstić information content (AvgIpc) is 2.24. The molecule has 0 saturated heterocycles. The molecule has 1 aromatic carbocycles. The van der Waals surface area contributed by atoms with E-state index in [4.69, 9.17) is 16.7 Å². The lowest BCUT2D eigenvalue weighted by Gasteiger charge is -2.15. The van der Waals surface area contributed by atoms with E-state index >= 15 is 0 Å². The number of alkyl halides is 3. The molecule has 4 nitrogen and oxygen atoms in total. The Kier molecular flexibility index (Phi) is 4.83. The maximum absolute atomic E-state index is 12.8. The summed E-state index contributed by atoms with van der Waals surface area (Å²) in [4.78, 5) is -1.04. The van der Waals surface area contributed by atoms with E-state index in [2.05, 4.69) is 0 Å². The largest absolute Gasteiger partial charge is 0.417 e. The highest BCUT2D eigenvalue weighted by atomic mass is 35.5. The number of halogens is 4. The van der Waals surface area contributed by atoms with Gasteiger partial charge in [-0.2, -0.15) is 13.2 Å². The lowest BCUT2D eigenvalue weighted by atomic mass is 10.2. The number of aliphatic hydroxyl groups excluding tert-OH is 1. The summed E-state index contributed by atoms with van der Waals surface area (Å²) >= 11 is 5.55. The molecule has 0 spiro atoms. The number of benzene rings is 1. The van der Waals surface area contributed by atoms with Crippen LogP contribution in [0.2, 0.25) is 5.02 Å². The van der Waals surface area contributed by atoms with Crippen molar-refractivity contribution >= 4 is 21.6 Å². The summed E-state index contributed by atoms with van der Waals surface area (Å²) in [6.07, 6.45) is -5.88. The second-order valence-electron chi connectivity index (χ2n) is 3.82. The fourth-order valence-corrected chi connectivity index (χ4v) is 3.19. The summed E-state index contributed by atoms with van der Waals surface area (Å²) in [5.74, 6) is 0. The van der Waals surface area contributed by atoms with Crippen LogP contribution in [-0.2, 0) is 16.2 Å². The molecule has 0 radical (unpaired) electrons. The van der Waals surface area contributed by atoms with Crippen molar-refractivity contribution in [2.75, 3.05) is 6.54 Å². The van der Waals surface area contributed by atoms with E-state index in [1.807, 2.05) is 4.72 Å². The fraction of sp³-hybridized carbons (Fsp3) is 0.400. The van der Waals surface area contributed by atoms with Crippen LogP contribution in [0.4, 0.5) is 13.2 Å². The first kappa shape index (κ1) is 16.2. The topological polar surface area (TPSA) is 66.4 Å². The van der Waals surface area contributed by atoms with E-state index in [1.165, 1.54) is 6.92 Å². The smallest absolute Gasteiger partial charge is 0.392 e. The maximum Gasteiger partial charge on any atom is 0.417 e. The van der Waals surface area contributed by atoms with Crippen molar-refractivity contribution in [2.24, 2.45) is 0 Å². The quantitative estimate of drug-likeness (QED) is 0.893. The molecule has 0 heterocycles. The lowest BCUT2D eigenvalue weighted by molar-refractivity contribution is -0.139. The van der Waals surface area contributed by atoms with Gasteiger partial charge in [0.15, 0.2) is 0 Å². The van der Waals surface area contributed by atoms with Gasteiger partial charge in [0.2, 0.25) is 10.0 Å². The number of sulfonamides is 1. The first-order valence-corrected chi connectivity index (χ1v) is 6.95. The summed E-state index contributed by atoms with van der Waals surface area (Å²) < 4.78 is 63.8. The number of nitrogens with one attached hydrogen (secondary N) is 1. The molecule has 9 heteroatoms. The molecule has 0 amide bonds. The van der Waals surface area contributed by atoms with E-state index in [-0.39, 0.29) is 0 Å². The zero-order valence-electron chi connectivity index (χ0n) is 9.70. The molecule has 0 aliphatic heterocycles. The minimum Gasteiger partial charge on any atom is -0.392 e. The predicted octanol–water partition coefficient (Wildman–Crippen LogP) is 2.02. The van der Waals surface area contributed by atoms with Crippen molar-refractivity contribution in [1.82, 2.24) is 4.72 Å². The van der Waals surface area contributed by atoms with E-state index in [1.54, 1.807) is 0 Å².